The van der Waals surface area contributed by atoms with Crippen LogP contribution in [0.5, 0.6) is 0 Å². The van der Waals surface area contributed by atoms with E-state index in [0.29, 0.717) is 25.2 Å². The number of carbonyl (C=O) groups excluding carboxylic acids is 1. The highest BCUT2D eigenvalue weighted by molar-refractivity contribution is 7.89. The monoisotopic (exact) mass is 377 g/mol. The topological polar surface area (TPSA) is 96.3 Å². The summed E-state index contributed by atoms with van der Waals surface area (Å²) >= 11 is 0. The lowest BCUT2D eigenvalue weighted by Gasteiger charge is -2.27. The van der Waals surface area contributed by atoms with Crippen LogP contribution in [0.15, 0.2) is 17.3 Å². The molecule has 2 bridgehead atoms. The lowest BCUT2D eigenvalue weighted by molar-refractivity contribution is -0.132. The Morgan fingerprint density at radius 1 is 1.38 bits per heavy atom. The Morgan fingerprint density at radius 3 is 2.75 bits per heavy atom. The number of aromatic nitrogens is 2. The molecule has 0 aromatic carbocycles. The Morgan fingerprint density at radius 2 is 2.08 bits per heavy atom. The number of likely N-dealkylation sites (tertiary alicyclic amines) is 1. The van der Waals surface area contributed by atoms with E-state index in [9.17, 15) is 13.2 Å². The molecule has 2 N–H and O–H groups in total. The highest BCUT2D eigenvalue weighted by Gasteiger charge is 2.33. The molecule has 0 spiro atoms. The van der Waals surface area contributed by atoms with Crippen LogP contribution >= 0.6 is 12.4 Å². The summed E-state index contributed by atoms with van der Waals surface area (Å²) in [4.78, 5) is 14.4. The van der Waals surface area contributed by atoms with E-state index in [1.54, 1.807) is 18.9 Å². The van der Waals surface area contributed by atoms with Gasteiger partial charge in [0.25, 0.3) is 0 Å². The molecule has 2 aliphatic heterocycles. The fraction of sp³-hybridized carbons (Fsp3) is 0.714. The number of hydrogen-bond acceptors (Lipinski definition) is 5. The first-order valence-electron chi connectivity index (χ1n) is 7.91. The van der Waals surface area contributed by atoms with Gasteiger partial charge in [0.2, 0.25) is 15.9 Å². The molecule has 3 atom stereocenters. The summed E-state index contributed by atoms with van der Waals surface area (Å²) in [5, 5.41) is 7.37. The molecule has 24 heavy (non-hydrogen) atoms. The fourth-order valence-corrected chi connectivity index (χ4v) is 4.49. The number of rotatable bonds is 4. The van der Waals surface area contributed by atoms with Gasteiger partial charge in [-0.15, -0.1) is 12.4 Å². The van der Waals surface area contributed by atoms with E-state index in [1.165, 1.54) is 17.1 Å². The van der Waals surface area contributed by atoms with E-state index in [1.807, 2.05) is 0 Å². The van der Waals surface area contributed by atoms with Gasteiger partial charge in [0.05, 0.1) is 12.2 Å². The van der Waals surface area contributed by atoms with Gasteiger partial charge in [-0.05, 0) is 26.2 Å². The van der Waals surface area contributed by atoms with Gasteiger partial charge < -0.3 is 10.2 Å². The normalized spacial score (nSPS) is 25.0. The Labute approximate surface area is 148 Å². The maximum absolute atomic E-state index is 12.6. The van der Waals surface area contributed by atoms with Crippen molar-refractivity contribution in [2.24, 2.45) is 7.05 Å². The Balaban J connectivity index is 0.00000208. The Hall–Kier alpha value is -1.16. The molecule has 2 saturated heterocycles. The van der Waals surface area contributed by atoms with Gasteiger partial charge in [-0.2, -0.15) is 9.82 Å². The van der Waals surface area contributed by atoms with Crippen molar-refractivity contribution in [3.05, 3.63) is 12.4 Å². The Kier molecular flexibility index (Phi) is 5.90. The first-order valence-corrected chi connectivity index (χ1v) is 9.39. The second-order valence-corrected chi connectivity index (χ2v) is 8.12. The summed E-state index contributed by atoms with van der Waals surface area (Å²) in [6.07, 6.45) is 5.84. The SMILES string of the molecule is CC(NS(=O)(=O)c1cnn(C)c1)C(=O)N1CCC2CCC(C1)N2.Cl. The highest BCUT2D eigenvalue weighted by Crippen LogP contribution is 2.21. The third kappa shape index (κ3) is 4.08. The summed E-state index contributed by atoms with van der Waals surface area (Å²) in [5.41, 5.74) is 0. The summed E-state index contributed by atoms with van der Waals surface area (Å²) in [5.74, 6) is -0.174. The van der Waals surface area contributed by atoms with Gasteiger partial charge >= 0.3 is 0 Å². The average molecular weight is 378 g/mol. The quantitative estimate of drug-likeness (QED) is 0.761. The van der Waals surface area contributed by atoms with Crippen molar-refractivity contribution in [3.63, 3.8) is 0 Å². The molecule has 8 nitrogen and oxygen atoms in total. The first-order chi connectivity index (χ1) is 10.8. The van der Waals surface area contributed by atoms with E-state index in [4.69, 9.17) is 0 Å². The molecule has 0 aliphatic carbocycles. The van der Waals surface area contributed by atoms with Gasteiger partial charge in [0.1, 0.15) is 4.90 Å². The molecule has 1 amide bonds. The Bertz CT molecular complexity index is 692. The van der Waals surface area contributed by atoms with E-state index >= 15 is 0 Å². The van der Waals surface area contributed by atoms with Crippen LogP contribution in [-0.2, 0) is 21.9 Å². The number of hydrogen-bond donors (Lipinski definition) is 2. The van der Waals surface area contributed by atoms with Crippen molar-refractivity contribution < 1.29 is 13.2 Å². The van der Waals surface area contributed by atoms with Crippen molar-refractivity contribution in [3.8, 4) is 0 Å². The van der Waals surface area contributed by atoms with Crippen LogP contribution in [0.3, 0.4) is 0 Å². The number of aryl methyl sites for hydroxylation is 1. The first kappa shape index (κ1) is 19.2. The largest absolute Gasteiger partial charge is 0.340 e. The number of fused-ring (bicyclic) bond motifs is 2. The van der Waals surface area contributed by atoms with Crippen molar-refractivity contribution in [2.75, 3.05) is 13.1 Å². The number of carbonyl (C=O) groups is 1. The minimum Gasteiger partial charge on any atom is -0.340 e. The summed E-state index contributed by atoms with van der Waals surface area (Å²) < 4.78 is 28.5. The second-order valence-electron chi connectivity index (χ2n) is 6.40. The highest BCUT2D eigenvalue weighted by atomic mass is 35.5. The van der Waals surface area contributed by atoms with E-state index in [2.05, 4.69) is 15.1 Å². The zero-order chi connectivity index (χ0) is 16.6. The van der Waals surface area contributed by atoms with Crippen LogP contribution in [0.1, 0.15) is 26.2 Å². The molecule has 2 fully saturated rings. The van der Waals surface area contributed by atoms with Gasteiger partial charge in [-0.1, -0.05) is 0 Å². The van der Waals surface area contributed by atoms with Crippen molar-refractivity contribution in [2.45, 2.75) is 49.2 Å². The molecule has 0 saturated carbocycles. The smallest absolute Gasteiger partial charge is 0.244 e. The minimum atomic E-state index is -3.74. The summed E-state index contributed by atoms with van der Waals surface area (Å²) in [7, 11) is -2.09. The van der Waals surface area contributed by atoms with E-state index in [-0.39, 0.29) is 23.2 Å². The van der Waals surface area contributed by atoms with Gasteiger partial charge in [-0.25, -0.2) is 8.42 Å². The van der Waals surface area contributed by atoms with Gasteiger partial charge in [-0.3, -0.25) is 9.48 Å². The van der Waals surface area contributed by atoms with Crippen LogP contribution in [0, 0.1) is 0 Å². The van der Waals surface area contributed by atoms with Crippen LogP contribution < -0.4 is 10.0 Å². The molecule has 3 unspecified atom stereocenters. The minimum absolute atomic E-state index is 0. The zero-order valence-electron chi connectivity index (χ0n) is 13.8. The third-order valence-corrected chi connectivity index (χ3v) is 6.02. The van der Waals surface area contributed by atoms with Crippen molar-refractivity contribution in [1.29, 1.82) is 0 Å². The summed E-state index contributed by atoms with van der Waals surface area (Å²) in [6.45, 7) is 2.91. The van der Waals surface area contributed by atoms with Crippen LogP contribution in [0.25, 0.3) is 0 Å². The fourth-order valence-electron chi connectivity index (χ4n) is 3.31. The number of nitrogens with one attached hydrogen (secondary N) is 2. The molecule has 1 aromatic rings. The van der Waals surface area contributed by atoms with Crippen molar-refractivity contribution >= 4 is 28.3 Å². The maximum atomic E-state index is 12.6. The molecular formula is C14H24ClN5O3S. The van der Waals surface area contributed by atoms with Crippen LogP contribution in [-0.4, -0.2) is 60.2 Å². The van der Waals surface area contributed by atoms with E-state index < -0.39 is 16.1 Å². The van der Waals surface area contributed by atoms with Gasteiger partial charge in [0.15, 0.2) is 0 Å². The van der Waals surface area contributed by atoms with E-state index in [0.717, 1.165) is 19.3 Å². The molecule has 1 aromatic heterocycles. The molecule has 2 aliphatic rings. The lowest BCUT2D eigenvalue weighted by atomic mass is 10.1. The molecule has 0 radical (unpaired) electrons. The molecular weight excluding hydrogens is 354 g/mol. The molecule has 10 heteroatoms. The third-order valence-electron chi connectivity index (χ3n) is 4.53. The lowest BCUT2D eigenvalue weighted by Crippen LogP contribution is -2.49. The summed E-state index contributed by atoms with van der Waals surface area (Å²) in [6, 6.07) is 0.0191. The zero-order valence-corrected chi connectivity index (χ0v) is 15.4. The predicted octanol–water partition coefficient (Wildman–Crippen LogP) is -0.138. The average Bonchev–Trinajstić information content (AvgIpc) is 3.04. The number of sulfonamides is 1. The standard InChI is InChI=1S/C14H23N5O3S.ClH/c1-10(17-23(21,22)13-7-15-18(2)9-13)14(20)19-6-5-11-3-4-12(8-19)16-11;/h7,9-12,16-17H,3-6,8H2,1-2H3;1H. The number of halogens is 1. The second kappa shape index (κ2) is 7.38. The number of amides is 1. The maximum Gasteiger partial charge on any atom is 0.244 e. The van der Waals surface area contributed by atoms with Crippen LogP contribution in [0.4, 0.5) is 0 Å². The molecule has 3 rings (SSSR count). The number of nitrogens with zero attached hydrogens (tertiary/aromatic N) is 3. The molecule has 136 valence electrons. The van der Waals surface area contributed by atoms with Crippen LogP contribution in [0.2, 0.25) is 0 Å². The van der Waals surface area contributed by atoms with Crippen molar-refractivity contribution in [1.82, 2.24) is 24.7 Å². The molecule has 3 heterocycles. The van der Waals surface area contributed by atoms with Gasteiger partial charge in [0, 0.05) is 38.4 Å². The predicted molar refractivity (Wildman–Crippen MR) is 91.4 cm³/mol.